The smallest absolute Gasteiger partial charge is 0.335 e. The molecular weight excluding hydrogens is 543 g/mol. The average molecular weight is 574 g/mol. The first-order valence-corrected chi connectivity index (χ1v) is 13.4. The highest BCUT2D eigenvalue weighted by molar-refractivity contribution is 6.35. The van der Waals surface area contributed by atoms with Crippen LogP contribution in [-0.2, 0) is 0 Å². The molecule has 1 unspecified atom stereocenters. The number of halogens is 2. The molecule has 4 aromatic carbocycles. The van der Waals surface area contributed by atoms with Gasteiger partial charge >= 0.3 is 5.97 Å². The van der Waals surface area contributed by atoms with E-state index in [1.54, 1.807) is 25.3 Å². The van der Waals surface area contributed by atoms with Gasteiger partial charge in [0.25, 0.3) is 0 Å². The van der Waals surface area contributed by atoms with Gasteiger partial charge in [-0.3, -0.25) is 4.68 Å². The van der Waals surface area contributed by atoms with Gasteiger partial charge in [-0.25, -0.2) is 4.79 Å². The number of ether oxygens (including phenoxy) is 1. The van der Waals surface area contributed by atoms with Gasteiger partial charge in [-0.1, -0.05) is 67.4 Å². The van der Waals surface area contributed by atoms with Crippen molar-refractivity contribution in [3.63, 3.8) is 0 Å². The zero-order chi connectivity index (χ0) is 29.4. The van der Waals surface area contributed by atoms with Crippen molar-refractivity contribution in [3.05, 3.63) is 106 Å². The molecule has 204 valence electrons. The minimum atomic E-state index is -0.957. The van der Waals surface area contributed by atoms with Crippen molar-refractivity contribution in [1.29, 1.82) is 0 Å². The van der Waals surface area contributed by atoms with Gasteiger partial charge in [0.05, 0.1) is 30.1 Å². The molecular formula is C33H30Cl2N2O3. The molecule has 1 aromatic heterocycles. The van der Waals surface area contributed by atoms with Gasteiger partial charge in [0.2, 0.25) is 0 Å². The maximum absolute atomic E-state index is 11.3. The number of nitrogens with zero attached hydrogens (tertiary/aromatic N) is 2. The fraction of sp³-hybridized carbons (Fsp3) is 0.152. The van der Waals surface area contributed by atoms with Gasteiger partial charge in [0.1, 0.15) is 5.75 Å². The number of fused-ring (bicyclic) bond motifs is 1. The number of aromatic carboxylic acids is 1. The molecule has 0 spiro atoms. The molecule has 1 atom stereocenters. The Labute approximate surface area is 244 Å². The summed E-state index contributed by atoms with van der Waals surface area (Å²) in [6.07, 6.45) is 8.00. The molecule has 0 aliphatic carbocycles. The van der Waals surface area contributed by atoms with Crippen LogP contribution in [0.3, 0.4) is 0 Å². The second kappa shape index (κ2) is 13.7. The van der Waals surface area contributed by atoms with E-state index in [-0.39, 0.29) is 11.6 Å². The molecule has 0 saturated carbocycles. The van der Waals surface area contributed by atoms with Crippen molar-refractivity contribution < 1.29 is 14.6 Å². The predicted molar refractivity (Wildman–Crippen MR) is 166 cm³/mol. The topological polar surface area (TPSA) is 64.4 Å². The summed E-state index contributed by atoms with van der Waals surface area (Å²) in [6, 6.07) is 26.3. The largest absolute Gasteiger partial charge is 0.497 e. The molecule has 0 amide bonds. The van der Waals surface area contributed by atoms with Crippen LogP contribution in [0.1, 0.15) is 42.7 Å². The number of benzene rings is 4. The molecule has 0 fully saturated rings. The van der Waals surface area contributed by atoms with Gasteiger partial charge in [0, 0.05) is 21.2 Å². The van der Waals surface area contributed by atoms with Crippen LogP contribution >= 0.6 is 23.2 Å². The lowest BCUT2D eigenvalue weighted by atomic mass is 10.0. The lowest BCUT2D eigenvalue weighted by Gasteiger charge is -2.17. The lowest BCUT2D eigenvalue weighted by molar-refractivity contribution is 0.0697. The summed E-state index contributed by atoms with van der Waals surface area (Å²) in [6.45, 7) is 6.03. The Bertz CT molecular complexity index is 1620. The number of methoxy groups -OCH3 is 1. The number of carbonyl (C=O) groups is 1. The Hall–Kier alpha value is -4.24. The summed E-state index contributed by atoms with van der Waals surface area (Å²) in [5, 5.41) is 17.4. The molecule has 40 heavy (non-hydrogen) atoms. The van der Waals surface area contributed by atoms with E-state index in [0.717, 1.165) is 44.6 Å². The van der Waals surface area contributed by atoms with E-state index in [0.29, 0.717) is 10.0 Å². The molecule has 0 saturated heterocycles. The van der Waals surface area contributed by atoms with Crippen LogP contribution in [0.15, 0.2) is 84.9 Å². The third kappa shape index (κ3) is 6.66. The van der Waals surface area contributed by atoms with E-state index in [1.807, 2.05) is 74.0 Å². The fourth-order valence-corrected chi connectivity index (χ4v) is 4.83. The van der Waals surface area contributed by atoms with Crippen LogP contribution in [0.4, 0.5) is 0 Å². The van der Waals surface area contributed by atoms with Crippen molar-refractivity contribution >= 4 is 39.9 Å². The monoisotopic (exact) mass is 572 g/mol. The molecule has 0 bridgehead atoms. The van der Waals surface area contributed by atoms with E-state index < -0.39 is 5.97 Å². The highest BCUT2D eigenvalue weighted by Gasteiger charge is 2.19. The van der Waals surface area contributed by atoms with Crippen molar-refractivity contribution in [1.82, 2.24) is 9.78 Å². The van der Waals surface area contributed by atoms with E-state index in [2.05, 4.69) is 31.0 Å². The SMILES string of the molecule is C#C.CC.COc1ccc2cc(-c3cc(-c4cc(Cl)cc(Cl)c4)nn3C(C)c3ccc(C(=O)O)cc3)ccc2c1. The molecule has 0 aliphatic heterocycles. The third-order valence-electron chi connectivity index (χ3n) is 6.24. The summed E-state index contributed by atoms with van der Waals surface area (Å²) in [5.74, 6) is -0.152. The molecule has 7 heteroatoms. The standard InChI is InChI=1S/C29H22Cl2N2O3.C2H6.C2H2/c1-17(18-3-5-19(6-4-18)29(34)35)33-28(16-27(32-33)23-12-24(30)15-25(31)13-23)22-8-7-21-14-26(36-2)10-9-20(21)11-22;2*1-2/h3-17H,1-2H3,(H,34,35);1-2H3;1-2H. The van der Waals surface area contributed by atoms with Crippen molar-refractivity contribution in [2.75, 3.05) is 7.11 Å². The van der Waals surface area contributed by atoms with Gasteiger partial charge < -0.3 is 9.84 Å². The van der Waals surface area contributed by atoms with Gasteiger partial charge in [-0.05, 0) is 77.9 Å². The number of hydrogen-bond acceptors (Lipinski definition) is 3. The molecule has 1 N–H and O–H groups in total. The summed E-state index contributed by atoms with van der Waals surface area (Å²) >= 11 is 12.6. The number of aromatic nitrogens is 2. The molecule has 5 rings (SSSR count). The average Bonchev–Trinajstić information content (AvgIpc) is 3.43. The predicted octanol–water partition coefficient (Wildman–Crippen LogP) is 9.27. The minimum absolute atomic E-state index is 0.169. The Morgan fingerprint density at radius 2 is 1.45 bits per heavy atom. The number of terminal acetylenes is 1. The van der Waals surface area contributed by atoms with Crippen molar-refractivity contribution in [2.24, 2.45) is 0 Å². The van der Waals surface area contributed by atoms with Crippen LogP contribution in [0, 0.1) is 12.8 Å². The normalized spacial score (nSPS) is 11.0. The van der Waals surface area contributed by atoms with Gasteiger partial charge in [0.15, 0.2) is 0 Å². The maximum Gasteiger partial charge on any atom is 0.335 e. The molecule has 5 nitrogen and oxygen atoms in total. The van der Waals surface area contributed by atoms with Crippen LogP contribution < -0.4 is 4.74 Å². The fourth-order valence-electron chi connectivity index (χ4n) is 4.30. The zero-order valence-electron chi connectivity index (χ0n) is 22.7. The van der Waals surface area contributed by atoms with Gasteiger partial charge in [-0.2, -0.15) is 5.10 Å². The maximum atomic E-state index is 11.3. The highest BCUT2D eigenvalue weighted by Crippen LogP contribution is 2.35. The summed E-state index contributed by atoms with van der Waals surface area (Å²) in [5.41, 5.74) is 4.63. The van der Waals surface area contributed by atoms with Gasteiger partial charge in [-0.15, -0.1) is 12.8 Å². The first-order chi connectivity index (χ1) is 19.3. The van der Waals surface area contributed by atoms with Crippen LogP contribution in [0.25, 0.3) is 33.3 Å². The Morgan fingerprint density at radius 1 is 0.850 bits per heavy atom. The summed E-state index contributed by atoms with van der Waals surface area (Å²) in [4.78, 5) is 11.3. The lowest BCUT2D eigenvalue weighted by Crippen LogP contribution is -2.10. The van der Waals surface area contributed by atoms with E-state index in [4.69, 9.17) is 33.0 Å². The zero-order valence-corrected chi connectivity index (χ0v) is 24.2. The first kappa shape index (κ1) is 30.3. The summed E-state index contributed by atoms with van der Waals surface area (Å²) < 4.78 is 7.31. The second-order valence-corrected chi connectivity index (χ2v) is 9.42. The van der Waals surface area contributed by atoms with Crippen LogP contribution in [0.5, 0.6) is 5.75 Å². The number of rotatable bonds is 6. The summed E-state index contributed by atoms with van der Waals surface area (Å²) in [7, 11) is 1.65. The number of carboxylic acid groups (broad SMARTS) is 1. The first-order valence-electron chi connectivity index (χ1n) is 12.6. The van der Waals surface area contributed by atoms with E-state index >= 15 is 0 Å². The van der Waals surface area contributed by atoms with E-state index in [9.17, 15) is 9.90 Å². The number of carboxylic acids is 1. The Kier molecular flexibility index (Phi) is 10.4. The molecule has 0 radical (unpaired) electrons. The van der Waals surface area contributed by atoms with Crippen LogP contribution in [0.2, 0.25) is 10.0 Å². The molecule has 5 aromatic rings. The number of hydrogen-bond donors (Lipinski definition) is 1. The van der Waals surface area contributed by atoms with Crippen molar-refractivity contribution in [2.45, 2.75) is 26.8 Å². The Morgan fingerprint density at radius 3 is 2.05 bits per heavy atom. The second-order valence-electron chi connectivity index (χ2n) is 8.55. The molecule has 1 heterocycles. The van der Waals surface area contributed by atoms with E-state index in [1.165, 1.54) is 0 Å². The highest BCUT2D eigenvalue weighted by atomic mass is 35.5. The van der Waals surface area contributed by atoms with Crippen LogP contribution in [-0.4, -0.2) is 28.0 Å². The quantitative estimate of drug-likeness (QED) is 0.206. The Balaban J connectivity index is 0.00000106. The molecule has 0 aliphatic rings. The minimum Gasteiger partial charge on any atom is -0.497 e. The third-order valence-corrected chi connectivity index (χ3v) is 6.68. The van der Waals surface area contributed by atoms with Crippen molar-refractivity contribution in [3.8, 4) is 41.1 Å².